The Bertz CT molecular complexity index is 1070. The summed E-state index contributed by atoms with van der Waals surface area (Å²) in [6.07, 6.45) is 0. The number of nitrogens with zero attached hydrogens (tertiary/aromatic N) is 3. The van der Waals surface area contributed by atoms with Gasteiger partial charge in [0, 0.05) is 44.1 Å². The molecule has 1 atom stereocenters. The molecule has 0 bridgehead atoms. The maximum absolute atomic E-state index is 12.7. The molecule has 2 heterocycles. The Morgan fingerprint density at radius 2 is 1.74 bits per heavy atom. The highest BCUT2D eigenvalue weighted by Crippen LogP contribution is 2.24. The van der Waals surface area contributed by atoms with Gasteiger partial charge in [-0.3, -0.25) is 4.90 Å². The Labute approximate surface area is 181 Å². The van der Waals surface area contributed by atoms with Crippen LogP contribution >= 0.6 is 0 Å². The third-order valence-corrected chi connectivity index (χ3v) is 7.40. The van der Waals surface area contributed by atoms with Gasteiger partial charge in [-0.15, -0.1) is 0 Å². The first-order chi connectivity index (χ1) is 14.9. The third kappa shape index (κ3) is 4.35. The first-order valence-electron chi connectivity index (χ1n) is 10.1. The van der Waals surface area contributed by atoms with Crippen molar-refractivity contribution in [3.63, 3.8) is 0 Å². The second-order valence-corrected chi connectivity index (χ2v) is 9.53. The van der Waals surface area contributed by atoms with Crippen molar-refractivity contribution >= 4 is 33.5 Å². The van der Waals surface area contributed by atoms with Gasteiger partial charge in [0.05, 0.1) is 10.9 Å². The van der Waals surface area contributed by atoms with E-state index in [-0.39, 0.29) is 36.1 Å². The lowest BCUT2D eigenvalue weighted by molar-refractivity contribution is 0.184. The zero-order valence-electron chi connectivity index (χ0n) is 17.2. The van der Waals surface area contributed by atoms with Gasteiger partial charge in [-0.25, -0.2) is 18.0 Å². The molecule has 2 fully saturated rings. The van der Waals surface area contributed by atoms with Crippen LogP contribution in [0.1, 0.15) is 6.92 Å². The molecule has 1 unspecified atom stereocenters. The van der Waals surface area contributed by atoms with E-state index in [2.05, 4.69) is 10.6 Å². The summed E-state index contributed by atoms with van der Waals surface area (Å²) in [5.74, 6) is 0. The molecule has 164 valence electrons. The fourth-order valence-electron chi connectivity index (χ4n) is 3.79. The highest BCUT2D eigenvalue weighted by molar-refractivity contribution is 7.89. The summed E-state index contributed by atoms with van der Waals surface area (Å²) < 4.78 is 26.9. The van der Waals surface area contributed by atoms with Crippen LogP contribution in [0.4, 0.5) is 21.0 Å². The number of rotatable bonds is 4. The van der Waals surface area contributed by atoms with Gasteiger partial charge >= 0.3 is 12.1 Å². The number of hydrogen-bond donors (Lipinski definition) is 2. The SMILES string of the molecule is CC1CNC(=O)N1c1cccc(NC(=O)N2CCN(S(=O)(=O)c3ccccc3)CC2)c1. The zero-order valence-corrected chi connectivity index (χ0v) is 18.0. The van der Waals surface area contributed by atoms with E-state index < -0.39 is 10.0 Å². The third-order valence-electron chi connectivity index (χ3n) is 5.49. The molecule has 2 aliphatic rings. The average molecular weight is 444 g/mol. The number of nitrogens with one attached hydrogen (secondary N) is 2. The van der Waals surface area contributed by atoms with Gasteiger partial charge in [-0.05, 0) is 37.3 Å². The van der Waals surface area contributed by atoms with Crippen molar-refractivity contribution in [1.29, 1.82) is 0 Å². The number of anilines is 2. The Morgan fingerprint density at radius 1 is 1.03 bits per heavy atom. The number of amides is 4. The smallest absolute Gasteiger partial charge is 0.322 e. The molecular weight excluding hydrogens is 418 g/mol. The first-order valence-corrected chi connectivity index (χ1v) is 11.6. The first kappa shape index (κ1) is 21.1. The van der Waals surface area contributed by atoms with Crippen LogP contribution in [-0.4, -0.2) is 68.5 Å². The van der Waals surface area contributed by atoms with Crippen molar-refractivity contribution in [2.45, 2.75) is 17.9 Å². The maximum Gasteiger partial charge on any atom is 0.322 e. The van der Waals surface area contributed by atoms with Gasteiger partial charge in [0.25, 0.3) is 0 Å². The van der Waals surface area contributed by atoms with Gasteiger partial charge < -0.3 is 15.5 Å². The van der Waals surface area contributed by atoms with E-state index in [1.54, 1.807) is 58.3 Å². The van der Waals surface area contributed by atoms with Crippen LogP contribution in [0.3, 0.4) is 0 Å². The molecule has 0 aromatic heterocycles. The molecule has 2 aromatic carbocycles. The van der Waals surface area contributed by atoms with E-state index in [4.69, 9.17) is 0 Å². The van der Waals surface area contributed by atoms with E-state index in [0.29, 0.717) is 31.0 Å². The van der Waals surface area contributed by atoms with Gasteiger partial charge in [0.1, 0.15) is 0 Å². The summed E-state index contributed by atoms with van der Waals surface area (Å²) >= 11 is 0. The van der Waals surface area contributed by atoms with Crippen molar-refractivity contribution in [3.05, 3.63) is 54.6 Å². The van der Waals surface area contributed by atoms with Crippen LogP contribution in [0.15, 0.2) is 59.5 Å². The molecule has 0 saturated carbocycles. The summed E-state index contributed by atoms with van der Waals surface area (Å²) in [4.78, 5) is 28.3. The highest BCUT2D eigenvalue weighted by Gasteiger charge is 2.31. The number of benzene rings is 2. The maximum atomic E-state index is 12.7. The number of urea groups is 2. The van der Waals surface area contributed by atoms with Gasteiger partial charge in [-0.1, -0.05) is 24.3 Å². The van der Waals surface area contributed by atoms with Crippen molar-refractivity contribution in [1.82, 2.24) is 14.5 Å². The molecule has 4 rings (SSSR count). The monoisotopic (exact) mass is 443 g/mol. The van der Waals surface area contributed by atoms with Crippen LogP contribution in [0.5, 0.6) is 0 Å². The van der Waals surface area contributed by atoms with Crippen LogP contribution in [0.2, 0.25) is 0 Å². The molecule has 0 spiro atoms. The summed E-state index contributed by atoms with van der Waals surface area (Å²) in [6, 6.07) is 15.0. The minimum atomic E-state index is -3.56. The molecule has 0 aliphatic carbocycles. The summed E-state index contributed by atoms with van der Waals surface area (Å²) in [7, 11) is -3.56. The predicted molar refractivity (Wildman–Crippen MR) is 118 cm³/mol. The second kappa shape index (κ2) is 8.56. The highest BCUT2D eigenvalue weighted by atomic mass is 32.2. The molecule has 0 radical (unpaired) electrons. The van der Waals surface area contributed by atoms with Gasteiger partial charge in [-0.2, -0.15) is 4.31 Å². The summed E-state index contributed by atoms with van der Waals surface area (Å²) in [5.41, 5.74) is 1.29. The summed E-state index contributed by atoms with van der Waals surface area (Å²) in [5, 5.41) is 5.65. The largest absolute Gasteiger partial charge is 0.336 e. The Kier molecular flexibility index (Phi) is 5.84. The van der Waals surface area contributed by atoms with Crippen LogP contribution in [0.25, 0.3) is 0 Å². The van der Waals surface area contributed by atoms with E-state index >= 15 is 0 Å². The average Bonchev–Trinajstić information content (AvgIpc) is 3.12. The van der Waals surface area contributed by atoms with Crippen molar-refractivity contribution in [3.8, 4) is 0 Å². The van der Waals surface area contributed by atoms with E-state index in [9.17, 15) is 18.0 Å². The standard InChI is InChI=1S/C21H25N5O4S/c1-16-15-22-20(27)26(16)18-7-5-6-17(14-18)23-21(28)24-10-12-25(13-11-24)31(29,30)19-8-3-2-4-9-19/h2-9,14,16H,10-13,15H2,1H3,(H,22,27)(H,23,28). The fraction of sp³-hybridized carbons (Fsp3) is 0.333. The fourth-order valence-corrected chi connectivity index (χ4v) is 5.24. The normalized spacial score (nSPS) is 19.9. The lowest BCUT2D eigenvalue weighted by atomic mass is 10.2. The predicted octanol–water partition coefficient (Wildman–Crippen LogP) is 2.14. The van der Waals surface area contributed by atoms with Crippen LogP contribution < -0.4 is 15.5 Å². The number of piperazine rings is 1. The van der Waals surface area contributed by atoms with Crippen LogP contribution in [-0.2, 0) is 10.0 Å². The number of hydrogen-bond acceptors (Lipinski definition) is 4. The minimum Gasteiger partial charge on any atom is -0.336 e. The molecule has 4 amide bonds. The number of carbonyl (C=O) groups excluding carboxylic acids is 2. The Balaban J connectivity index is 1.38. The second-order valence-electron chi connectivity index (χ2n) is 7.59. The van der Waals surface area contributed by atoms with Crippen molar-refractivity contribution in [2.24, 2.45) is 0 Å². The lowest BCUT2D eigenvalue weighted by Gasteiger charge is -2.34. The molecule has 31 heavy (non-hydrogen) atoms. The molecule has 9 nitrogen and oxygen atoms in total. The van der Waals surface area contributed by atoms with E-state index in [1.165, 1.54) is 4.31 Å². The summed E-state index contributed by atoms with van der Waals surface area (Å²) in [6.45, 7) is 3.58. The Hall–Kier alpha value is -3.11. The van der Waals surface area contributed by atoms with Crippen molar-refractivity contribution in [2.75, 3.05) is 42.9 Å². The number of sulfonamides is 1. The van der Waals surface area contributed by atoms with Gasteiger partial charge in [0.2, 0.25) is 10.0 Å². The quantitative estimate of drug-likeness (QED) is 0.756. The molecular formula is C21H25N5O4S. The van der Waals surface area contributed by atoms with E-state index in [1.807, 2.05) is 13.0 Å². The van der Waals surface area contributed by atoms with E-state index in [0.717, 1.165) is 0 Å². The zero-order chi connectivity index (χ0) is 22.0. The number of carbonyl (C=O) groups is 2. The molecule has 2 aromatic rings. The minimum absolute atomic E-state index is 0.0260. The molecule has 2 aliphatic heterocycles. The lowest BCUT2D eigenvalue weighted by Crippen LogP contribution is -2.51. The Morgan fingerprint density at radius 3 is 2.39 bits per heavy atom. The molecule has 2 N–H and O–H groups in total. The van der Waals surface area contributed by atoms with Crippen LogP contribution in [0, 0.1) is 0 Å². The molecule has 10 heteroatoms. The topological polar surface area (TPSA) is 102 Å². The molecule has 2 saturated heterocycles. The van der Waals surface area contributed by atoms with Gasteiger partial charge in [0.15, 0.2) is 0 Å². The van der Waals surface area contributed by atoms with Crippen molar-refractivity contribution < 1.29 is 18.0 Å².